The second-order valence-electron chi connectivity index (χ2n) is 6.77. The van der Waals surface area contributed by atoms with Crippen molar-refractivity contribution in [3.8, 4) is 11.4 Å². The van der Waals surface area contributed by atoms with Gasteiger partial charge < -0.3 is 14.9 Å². The van der Waals surface area contributed by atoms with E-state index >= 15 is 0 Å². The second kappa shape index (κ2) is 8.77. The van der Waals surface area contributed by atoms with Crippen molar-refractivity contribution >= 4 is 17.8 Å². The van der Waals surface area contributed by atoms with Gasteiger partial charge in [-0.3, -0.25) is 9.78 Å². The van der Waals surface area contributed by atoms with Gasteiger partial charge in [-0.15, -0.1) is 0 Å². The molecule has 1 atom stereocenters. The molecule has 0 aromatic carbocycles. The van der Waals surface area contributed by atoms with Gasteiger partial charge in [0.15, 0.2) is 0 Å². The molecule has 28 heavy (non-hydrogen) atoms. The fourth-order valence-electron chi connectivity index (χ4n) is 3.50. The van der Waals surface area contributed by atoms with Crippen LogP contribution in [0.25, 0.3) is 11.4 Å². The summed E-state index contributed by atoms with van der Waals surface area (Å²) in [5.74, 6) is -0.347. The number of amides is 1. The zero-order valence-electron chi connectivity index (χ0n) is 16.2. The average molecular weight is 383 g/mol. The molecule has 0 aliphatic carbocycles. The van der Waals surface area contributed by atoms with Gasteiger partial charge in [0.05, 0.1) is 22.9 Å². The number of anilines is 1. The Morgan fingerprint density at radius 2 is 1.93 bits per heavy atom. The maximum atomic E-state index is 12.7. The van der Waals surface area contributed by atoms with Gasteiger partial charge in [-0.25, -0.2) is 14.8 Å². The number of pyridine rings is 1. The predicted molar refractivity (Wildman–Crippen MR) is 105 cm³/mol. The Morgan fingerprint density at radius 1 is 1.18 bits per heavy atom. The zero-order valence-corrected chi connectivity index (χ0v) is 16.2. The molecule has 0 spiro atoms. The number of carboxylic acid groups (broad SMARTS) is 1. The zero-order chi connectivity index (χ0) is 20.1. The third kappa shape index (κ3) is 4.27. The molecule has 0 saturated carbocycles. The van der Waals surface area contributed by atoms with E-state index in [1.54, 1.807) is 12.3 Å². The van der Waals surface area contributed by atoms with Crippen LogP contribution < -0.4 is 4.90 Å². The molecule has 1 N–H and O–H groups in total. The summed E-state index contributed by atoms with van der Waals surface area (Å²) in [6.45, 7) is 6.78. The van der Waals surface area contributed by atoms with E-state index in [9.17, 15) is 14.7 Å². The lowest BCUT2D eigenvalue weighted by Gasteiger charge is -2.34. The molecule has 2 aromatic heterocycles. The summed E-state index contributed by atoms with van der Waals surface area (Å²) in [5, 5.41) is 9.18. The van der Waals surface area contributed by atoms with E-state index in [1.165, 1.54) is 18.3 Å². The number of carbonyl (C=O) groups excluding carboxylic acids is 1. The molecule has 148 valence electrons. The van der Waals surface area contributed by atoms with Gasteiger partial charge >= 0.3 is 5.97 Å². The lowest BCUT2D eigenvalue weighted by atomic mass is 9.96. The second-order valence-corrected chi connectivity index (χ2v) is 6.77. The van der Waals surface area contributed by atoms with Gasteiger partial charge in [-0.2, -0.15) is 0 Å². The number of aromatic nitrogens is 3. The van der Waals surface area contributed by atoms with Gasteiger partial charge in [0.25, 0.3) is 0 Å². The molecular formula is C20H25N5O3. The van der Waals surface area contributed by atoms with Gasteiger partial charge in [0, 0.05) is 38.6 Å². The van der Waals surface area contributed by atoms with E-state index in [4.69, 9.17) is 0 Å². The number of carboxylic acids is 1. The van der Waals surface area contributed by atoms with Crippen LogP contribution in [0.3, 0.4) is 0 Å². The topological polar surface area (TPSA) is 99.5 Å². The first-order valence-corrected chi connectivity index (χ1v) is 9.60. The largest absolute Gasteiger partial charge is 0.478 e. The summed E-state index contributed by atoms with van der Waals surface area (Å²) in [4.78, 5) is 41.0. The van der Waals surface area contributed by atoms with E-state index < -0.39 is 5.97 Å². The Hall–Kier alpha value is -3.03. The molecule has 3 rings (SSSR count). The van der Waals surface area contributed by atoms with Crippen molar-refractivity contribution in [2.24, 2.45) is 5.92 Å². The maximum absolute atomic E-state index is 12.7. The van der Waals surface area contributed by atoms with E-state index in [-0.39, 0.29) is 17.4 Å². The first kappa shape index (κ1) is 19.7. The van der Waals surface area contributed by atoms with Crippen LogP contribution in [0, 0.1) is 5.92 Å². The van der Waals surface area contributed by atoms with Crippen LogP contribution in [0.5, 0.6) is 0 Å². The number of hydrogen-bond donors (Lipinski definition) is 1. The third-order valence-corrected chi connectivity index (χ3v) is 5.04. The number of nitrogens with zero attached hydrogens (tertiary/aromatic N) is 5. The van der Waals surface area contributed by atoms with E-state index in [0.717, 1.165) is 19.4 Å². The van der Waals surface area contributed by atoms with Crippen LogP contribution >= 0.6 is 0 Å². The van der Waals surface area contributed by atoms with Crippen LogP contribution in [-0.4, -0.2) is 63.0 Å². The molecule has 1 amide bonds. The molecule has 1 fully saturated rings. The van der Waals surface area contributed by atoms with Crippen LogP contribution in [-0.2, 0) is 4.79 Å². The Bertz CT molecular complexity index is 853. The molecule has 3 heterocycles. The third-order valence-electron chi connectivity index (χ3n) is 5.04. The fraction of sp³-hybridized carbons (Fsp3) is 0.450. The Morgan fingerprint density at radius 3 is 2.64 bits per heavy atom. The highest BCUT2D eigenvalue weighted by Gasteiger charge is 2.29. The van der Waals surface area contributed by atoms with Crippen LogP contribution in [0.2, 0.25) is 0 Å². The Balaban J connectivity index is 1.81. The highest BCUT2D eigenvalue weighted by atomic mass is 16.4. The van der Waals surface area contributed by atoms with Crippen LogP contribution in [0.1, 0.15) is 37.0 Å². The van der Waals surface area contributed by atoms with Crippen molar-refractivity contribution in [2.75, 3.05) is 31.1 Å². The van der Waals surface area contributed by atoms with Crippen molar-refractivity contribution in [1.82, 2.24) is 19.9 Å². The molecule has 0 radical (unpaired) electrons. The monoisotopic (exact) mass is 383 g/mol. The van der Waals surface area contributed by atoms with Crippen molar-refractivity contribution in [3.63, 3.8) is 0 Å². The van der Waals surface area contributed by atoms with Crippen molar-refractivity contribution in [3.05, 3.63) is 36.2 Å². The van der Waals surface area contributed by atoms with Crippen molar-refractivity contribution in [2.45, 2.75) is 26.7 Å². The summed E-state index contributed by atoms with van der Waals surface area (Å²) in [6.07, 6.45) is 4.87. The number of aromatic carboxylic acids is 1. The molecule has 1 aliphatic heterocycles. The average Bonchev–Trinajstić information content (AvgIpc) is 2.75. The predicted octanol–water partition coefficient (Wildman–Crippen LogP) is 2.32. The minimum Gasteiger partial charge on any atom is -0.478 e. The first-order chi connectivity index (χ1) is 13.5. The normalized spacial score (nSPS) is 16.6. The molecule has 1 unspecified atom stereocenters. The van der Waals surface area contributed by atoms with Gasteiger partial charge in [0.2, 0.25) is 11.9 Å². The van der Waals surface area contributed by atoms with Crippen LogP contribution in [0.4, 0.5) is 5.95 Å². The fourth-order valence-corrected chi connectivity index (χ4v) is 3.50. The number of piperidine rings is 1. The molecular weight excluding hydrogens is 358 g/mol. The summed E-state index contributed by atoms with van der Waals surface area (Å²) >= 11 is 0. The molecule has 2 aromatic rings. The van der Waals surface area contributed by atoms with Crippen molar-refractivity contribution in [1.29, 1.82) is 0 Å². The van der Waals surface area contributed by atoms with E-state index in [2.05, 4.69) is 15.0 Å². The Kier molecular flexibility index (Phi) is 6.18. The first-order valence-electron chi connectivity index (χ1n) is 9.60. The van der Waals surface area contributed by atoms with E-state index in [1.807, 2.05) is 23.6 Å². The molecule has 8 heteroatoms. The van der Waals surface area contributed by atoms with Crippen LogP contribution in [0.15, 0.2) is 30.6 Å². The van der Waals surface area contributed by atoms with Crippen molar-refractivity contribution < 1.29 is 14.7 Å². The quantitative estimate of drug-likeness (QED) is 0.817. The van der Waals surface area contributed by atoms with Gasteiger partial charge in [-0.05, 0) is 44.9 Å². The highest BCUT2D eigenvalue weighted by molar-refractivity contribution is 5.88. The van der Waals surface area contributed by atoms with Gasteiger partial charge in [0.1, 0.15) is 0 Å². The SMILES string of the molecule is CCN(CC)C(=O)C1CCCN(c2nccc(-c3cc(C(=O)O)ccn3)n2)C1. The maximum Gasteiger partial charge on any atom is 0.335 e. The molecule has 8 nitrogen and oxygen atoms in total. The molecule has 1 saturated heterocycles. The standard InChI is InChI=1S/C20H25N5O3/c1-3-24(4-2)18(26)15-6-5-11-25(13-15)20-22-10-8-16(23-20)17-12-14(19(27)28)7-9-21-17/h7-10,12,15H,3-6,11,13H2,1-2H3,(H,27,28). The smallest absolute Gasteiger partial charge is 0.335 e. The van der Waals surface area contributed by atoms with E-state index in [0.29, 0.717) is 37.0 Å². The summed E-state index contributed by atoms with van der Waals surface area (Å²) in [6, 6.07) is 4.65. The number of hydrogen-bond acceptors (Lipinski definition) is 6. The number of rotatable bonds is 6. The minimum atomic E-state index is -1.01. The summed E-state index contributed by atoms with van der Waals surface area (Å²) in [7, 11) is 0. The highest BCUT2D eigenvalue weighted by Crippen LogP contribution is 2.24. The number of carbonyl (C=O) groups is 2. The lowest BCUT2D eigenvalue weighted by Crippen LogP contribution is -2.45. The minimum absolute atomic E-state index is 0.0608. The molecule has 1 aliphatic rings. The van der Waals surface area contributed by atoms with Gasteiger partial charge in [-0.1, -0.05) is 0 Å². The lowest BCUT2D eigenvalue weighted by molar-refractivity contribution is -0.135. The summed E-state index contributed by atoms with van der Waals surface area (Å²) in [5.41, 5.74) is 1.20. The molecule has 0 bridgehead atoms. The Labute approximate surface area is 164 Å². The summed E-state index contributed by atoms with van der Waals surface area (Å²) < 4.78 is 0.